The van der Waals surface area contributed by atoms with E-state index < -0.39 is 0 Å². The van der Waals surface area contributed by atoms with E-state index in [4.69, 9.17) is 4.98 Å². The van der Waals surface area contributed by atoms with Crippen LogP contribution in [0.2, 0.25) is 0 Å². The Kier molecular flexibility index (Phi) is 7.64. The van der Waals surface area contributed by atoms with Gasteiger partial charge in [0.2, 0.25) is 11.8 Å². The zero-order chi connectivity index (χ0) is 21.7. The van der Waals surface area contributed by atoms with E-state index in [1.807, 2.05) is 18.0 Å². The lowest BCUT2D eigenvalue weighted by atomic mass is 9.95. The highest BCUT2D eigenvalue weighted by molar-refractivity contribution is 5.78. The van der Waals surface area contributed by atoms with Gasteiger partial charge in [-0.15, -0.1) is 0 Å². The van der Waals surface area contributed by atoms with Gasteiger partial charge in [-0.25, -0.2) is 9.97 Å². The van der Waals surface area contributed by atoms with Crippen molar-refractivity contribution < 1.29 is 9.59 Å². The molecule has 3 rings (SSSR count). The minimum atomic E-state index is 0.0103. The first-order chi connectivity index (χ1) is 14.4. The minimum Gasteiger partial charge on any atom is -0.373 e. The van der Waals surface area contributed by atoms with Crippen LogP contribution in [0.1, 0.15) is 57.0 Å². The fourth-order valence-electron chi connectivity index (χ4n) is 4.37. The van der Waals surface area contributed by atoms with Crippen LogP contribution in [-0.2, 0) is 16.1 Å². The van der Waals surface area contributed by atoms with Crippen molar-refractivity contribution in [3.63, 3.8) is 0 Å². The second-order valence-corrected chi connectivity index (χ2v) is 8.87. The maximum absolute atomic E-state index is 12.8. The van der Waals surface area contributed by atoms with Crippen LogP contribution in [0.4, 0.5) is 5.82 Å². The normalized spacial score (nSPS) is 20.8. The Morgan fingerprint density at radius 1 is 1.20 bits per heavy atom. The summed E-state index contributed by atoms with van der Waals surface area (Å²) < 4.78 is 0. The standard InChI is InChI=1S/C22H36N6O2/c1-16-6-5-9-27(13-16)15-21(30)28-10-7-18(8-11-28)22-24-19(12-20(23-3)25-22)14-26(4)17(2)29/h12,16,18H,5-11,13-15H2,1-4H3,(H,23,24,25). The number of anilines is 1. The summed E-state index contributed by atoms with van der Waals surface area (Å²) in [6, 6.07) is 1.89. The third kappa shape index (κ3) is 5.90. The topological polar surface area (TPSA) is 81.7 Å². The van der Waals surface area contributed by atoms with Crippen molar-refractivity contribution >= 4 is 17.6 Å². The number of carbonyl (C=O) groups is 2. The Hall–Kier alpha value is -2.22. The van der Waals surface area contributed by atoms with Gasteiger partial charge in [0.1, 0.15) is 11.6 Å². The van der Waals surface area contributed by atoms with Crippen molar-refractivity contribution in [2.45, 2.75) is 52.0 Å². The molecule has 1 atom stereocenters. The number of nitrogens with zero attached hydrogens (tertiary/aromatic N) is 5. The van der Waals surface area contributed by atoms with Crippen LogP contribution in [0.15, 0.2) is 6.07 Å². The van der Waals surface area contributed by atoms with Crippen LogP contribution in [0.25, 0.3) is 0 Å². The molecular weight excluding hydrogens is 380 g/mol. The van der Waals surface area contributed by atoms with Crippen molar-refractivity contribution in [3.05, 3.63) is 17.6 Å². The number of nitrogens with one attached hydrogen (secondary N) is 1. The van der Waals surface area contributed by atoms with E-state index >= 15 is 0 Å². The molecule has 0 saturated carbocycles. The second kappa shape index (κ2) is 10.2. The van der Waals surface area contributed by atoms with Gasteiger partial charge >= 0.3 is 0 Å². The molecule has 0 spiro atoms. The molecule has 2 aliphatic heterocycles. The average Bonchev–Trinajstić information content (AvgIpc) is 2.73. The number of carbonyl (C=O) groups excluding carboxylic acids is 2. The van der Waals surface area contributed by atoms with Crippen molar-refractivity contribution in [2.75, 3.05) is 52.1 Å². The zero-order valence-electron chi connectivity index (χ0n) is 18.9. The minimum absolute atomic E-state index is 0.0103. The van der Waals surface area contributed by atoms with E-state index in [0.717, 1.165) is 56.4 Å². The number of hydrogen-bond donors (Lipinski definition) is 1. The first kappa shape index (κ1) is 22.5. The largest absolute Gasteiger partial charge is 0.373 e. The molecule has 3 heterocycles. The van der Waals surface area contributed by atoms with E-state index in [-0.39, 0.29) is 17.7 Å². The van der Waals surface area contributed by atoms with Gasteiger partial charge < -0.3 is 15.1 Å². The lowest BCUT2D eigenvalue weighted by Crippen LogP contribution is -2.46. The smallest absolute Gasteiger partial charge is 0.236 e. The molecule has 166 valence electrons. The summed E-state index contributed by atoms with van der Waals surface area (Å²) in [5.74, 6) is 2.76. The number of amides is 2. The van der Waals surface area contributed by atoms with Crippen LogP contribution in [0, 0.1) is 5.92 Å². The summed E-state index contributed by atoms with van der Waals surface area (Å²) in [7, 11) is 3.61. The Labute approximate surface area is 180 Å². The Morgan fingerprint density at radius 2 is 1.93 bits per heavy atom. The highest BCUT2D eigenvalue weighted by Gasteiger charge is 2.28. The van der Waals surface area contributed by atoms with Crippen molar-refractivity contribution in [3.8, 4) is 0 Å². The van der Waals surface area contributed by atoms with Gasteiger partial charge in [0, 0.05) is 52.6 Å². The average molecular weight is 417 g/mol. The first-order valence-corrected chi connectivity index (χ1v) is 11.1. The van der Waals surface area contributed by atoms with Gasteiger partial charge in [0.25, 0.3) is 0 Å². The van der Waals surface area contributed by atoms with Crippen LogP contribution < -0.4 is 5.32 Å². The molecule has 2 saturated heterocycles. The van der Waals surface area contributed by atoms with Crippen LogP contribution in [0.5, 0.6) is 0 Å². The van der Waals surface area contributed by atoms with Gasteiger partial charge in [-0.3, -0.25) is 14.5 Å². The number of piperidine rings is 2. The monoisotopic (exact) mass is 416 g/mol. The SMILES string of the molecule is CNc1cc(CN(C)C(C)=O)nc(C2CCN(C(=O)CN3CCCC(C)C3)CC2)n1. The number of rotatable bonds is 6. The van der Waals surface area contributed by atoms with Gasteiger partial charge in [0.15, 0.2) is 0 Å². The molecule has 0 aromatic carbocycles. The maximum atomic E-state index is 12.8. The number of likely N-dealkylation sites (tertiary alicyclic amines) is 2. The second-order valence-electron chi connectivity index (χ2n) is 8.87. The van der Waals surface area contributed by atoms with Gasteiger partial charge in [-0.05, 0) is 38.1 Å². The van der Waals surface area contributed by atoms with Crippen molar-refractivity contribution in [1.82, 2.24) is 24.7 Å². The predicted octanol–water partition coefficient (Wildman–Crippen LogP) is 1.93. The lowest BCUT2D eigenvalue weighted by Gasteiger charge is -2.35. The summed E-state index contributed by atoms with van der Waals surface area (Å²) in [6.45, 7) is 8.40. The summed E-state index contributed by atoms with van der Waals surface area (Å²) in [5, 5.41) is 3.10. The van der Waals surface area contributed by atoms with Crippen molar-refractivity contribution in [2.24, 2.45) is 5.92 Å². The van der Waals surface area contributed by atoms with Crippen LogP contribution >= 0.6 is 0 Å². The molecule has 1 aromatic rings. The van der Waals surface area contributed by atoms with Gasteiger partial charge in [-0.2, -0.15) is 0 Å². The van der Waals surface area contributed by atoms with Crippen LogP contribution in [0.3, 0.4) is 0 Å². The van der Waals surface area contributed by atoms with E-state index in [0.29, 0.717) is 19.0 Å². The van der Waals surface area contributed by atoms with E-state index in [1.165, 1.54) is 12.8 Å². The van der Waals surface area contributed by atoms with Crippen LogP contribution in [-0.4, -0.2) is 83.3 Å². The summed E-state index contributed by atoms with van der Waals surface area (Å²) in [6.07, 6.45) is 4.21. The van der Waals surface area contributed by atoms with E-state index in [9.17, 15) is 9.59 Å². The van der Waals surface area contributed by atoms with E-state index in [1.54, 1.807) is 18.9 Å². The third-order valence-corrected chi connectivity index (χ3v) is 6.30. The van der Waals surface area contributed by atoms with Gasteiger partial charge in [0.05, 0.1) is 18.8 Å². The zero-order valence-corrected chi connectivity index (χ0v) is 18.9. The summed E-state index contributed by atoms with van der Waals surface area (Å²) in [4.78, 5) is 39.7. The third-order valence-electron chi connectivity index (χ3n) is 6.30. The lowest BCUT2D eigenvalue weighted by molar-refractivity contribution is -0.134. The molecule has 2 fully saturated rings. The molecular formula is C22H36N6O2. The molecule has 8 heteroatoms. The molecule has 1 N–H and O–H groups in total. The highest BCUT2D eigenvalue weighted by atomic mass is 16.2. The highest BCUT2D eigenvalue weighted by Crippen LogP contribution is 2.27. The Morgan fingerprint density at radius 3 is 2.57 bits per heavy atom. The molecule has 30 heavy (non-hydrogen) atoms. The first-order valence-electron chi connectivity index (χ1n) is 11.1. The molecule has 0 bridgehead atoms. The number of hydrogen-bond acceptors (Lipinski definition) is 6. The predicted molar refractivity (Wildman–Crippen MR) is 117 cm³/mol. The molecule has 1 aromatic heterocycles. The number of aromatic nitrogens is 2. The summed E-state index contributed by atoms with van der Waals surface area (Å²) >= 11 is 0. The Balaban J connectivity index is 1.58. The molecule has 1 unspecified atom stereocenters. The molecule has 2 aliphatic rings. The summed E-state index contributed by atoms with van der Waals surface area (Å²) in [5.41, 5.74) is 0.833. The molecule has 0 aliphatic carbocycles. The van der Waals surface area contributed by atoms with Crippen molar-refractivity contribution in [1.29, 1.82) is 0 Å². The Bertz CT molecular complexity index is 747. The fraction of sp³-hybridized carbons (Fsp3) is 0.727. The fourth-order valence-corrected chi connectivity index (χ4v) is 4.37. The quantitative estimate of drug-likeness (QED) is 0.763. The maximum Gasteiger partial charge on any atom is 0.236 e. The van der Waals surface area contributed by atoms with Gasteiger partial charge in [-0.1, -0.05) is 6.92 Å². The molecule has 0 radical (unpaired) electrons. The molecule has 2 amide bonds. The van der Waals surface area contributed by atoms with E-state index in [2.05, 4.69) is 22.1 Å². The molecule has 8 nitrogen and oxygen atoms in total.